The SMILES string of the molecule is CCCNC(C)CCS(=O)(=O)c1ccc(F)cc1F. The zero-order valence-corrected chi connectivity index (χ0v) is 11.9. The van der Waals surface area contributed by atoms with E-state index < -0.39 is 26.4 Å². The Hall–Kier alpha value is -1.01. The third-order valence-electron chi connectivity index (χ3n) is 2.79. The molecule has 1 N–H and O–H groups in total. The molecule has 0 saturated carbocycles. The second kappa shape index (κ2) is 6.96. The quantitative estimate of drug-likeness (QED) is 0.785. The van der Waals surface area contributed by atoms with Gasteiger partial charge in [0.25, 0.3) is 0 Å². The molecule has 108 valence electrons. The van der Waals surface area contributed by atoms with E-state index in [-0.39, 0.29) is 11.8 Å². The summed E-state index contributed by atoms with van der Waals surface area (Å²) in [6, 6.07) is 2.56. The molecule has 0 aromatic heterocycles. The molecule has 0 aliphatic heterocycles. The standard InChI is InChI=1S/C13H19F2NO2S/c1-3-7-16-10(2)6-8-19(17,18)13-5-4-11(14)9-12(13)15/h4-5,9-10,16H,3,6-8H2,1-2H3. The van der Waals surface area contributed by atoms with E-state index in [1.54, 1.807) is 0 Å². The summed E-state index contributed by atoms with van der Waals surface area (Å²) in [6.07, 6.45) is 1.35. The first-order valence-electron chi connectivity index (χ1n) is 6.28. The fourth-order valence-electron chi connectivity index (χ4n) is 1.66. The molecule has 0 saturated heterocycles. The monoisotopic (exact) mass is 291 g/mol. The third-order valence-corrected chi connectivity index (χ3v) is 4.57. The number of rotatable bonds is 7. The van der Waals surface area contributed by atoms with Crippen LogP contribution in [0.3, 0.4) is 0 Å². The van der Waals surface area contributed by atoms with Gasteiger partial charge in [0.15, 0.2) is 9.84 Å². The van der Waals surface area contributed by atoms with Crippen LogP contribution < -0.4 is 5.32 Å². The van der Waals surface area contributed by atoms with Crippen LogP contribution in [0.1, 0.15) is 26.7 Å². The van der Waals surface area contributed by atoms with Crippen LogP contribution in [0.4, 0.5) is 8.78 Å². The molecular formula is C13H19F2NO2S. The fourth-order valence-corrected chi connectivity index (χ4v) is 3.18. The first kappa shape index (κ1) is 16.0. The van der Waals surface area contributed by atoms with E-state index in [9.17, 15) is 17.2 Å². The molecule has 0 fully saturated rings. The van der Waals surface area contributed by atoms with Crippen LogP contribution in [0.25, 0.3) is 0 Å². The Morgan fingerprint density at radius 1 is 1.32 bits per heavy atom. The van der Waals surface area contributed by atoms with Gasteiger partial charge in [0.2, 0.25) is 0 Å². The molecule has 0 radical (unpaired) electrons. The third kappa shape index (κ3) is 4.87. The van der Waals surface area contributed by atoms with E-state index in [2.05, 4.69) is 5.32 Å². The molecule has 0 aliphatic rings. The maximum absolute atomic E-state index is 13.4. The second-order valence-electron chi connectivity index (χ2n) is 4.54. The highest BCUT2D eigenvalue weighted by Gasteiger charge is 2.20. The highest BCUT2D eigenvalue weighted by molar-refractivity contribution is 7.91. The van der Waals surface area contributed by atoms with Crippen molar-refractivity contribution in [1.82, 2.24) is 5.32 Å². The van der Waals surface area contributed by atoms with E-state index in [0.717, 1.165) is 25.1 Å². The van der Waals surface area contributed by atoms with Crippen molar-refractivity contribution in [1.29, 1.82) is 0 Å². The molecule has 1 aromatic carbocycles. The lowest BCUT2D eigenvalue weighted by molar-refractivity contribution is 0.520. The molecular weight excluding hydrogens is 272 g/mol. The van der Waals surface area contributed by atoms with Crippen molar-refractivity contribution in [2.24, 2.45) is 0 Å². The van der Waals surface area contributed by atoms with Gasteiger partial charge in [-0.3, -0.25) is 0 Å². The maximum atomic E-state index is 13.4. The smallest absolute Gasteiger partial charge is 0.181 e. The van der Waals surface area contributed by atoms with Crippen molar-refractivity contribution in [2.75, 3.05) is 12.3 Å². The van der Waals surface area contributed by atoms with Crippen molar-refractivity contribution in [3.05, 3.63) is 29.8 Å². The zero-order chi connectivity index (χ0) is 14.5. The molecule has 1 unspecified atom stereocenters. The predicted molar refractivity (Wildman–Crippen MR) is 70.8 cm³/mol. The van der Waals surface area contributed by atoms with Crippen LogP contribution in [0.5, 0.6) is 0 Å². The van der Waals surface area contributed by atoms with Crippen molar-refractivity contribution in [3.8, 4) is 0 Å². The van der Waals surface area contributed by atoms with Gasteiger partial charge in [0.1, 0.15) is 16.5 Å². The lowest BCUT2D eigenvalue weighted by Crippen LogP contribution is -2.29. The summed E-state index contributed by atoms with van der Waals surface area (Å²) in [5.74, 6) is -1.98. The lowest BCUT2D eigenvalue weighted by atomic mass is 10.2. The van der Waals surface area contributed by atoms with Gasteiger partial charge in [0, 0.05) is 12.1 Å². The fraction of sp³-hybridized carbons (Fsp3) is 0.538. The highest BCUT2D eigenvalue weighted by Crippen LogP contribution is 2.18. The number of benzene rings is 1. The van der Waals surface area contributed by atoms with Crippen molar-refractivity contribution >= 4 is 9.84 Å². The molecule has 0 aliphatic carbocycles. The number of hydrogen-bond donors (Lipinski definition) is 1. The molecule has 6 heteroatoms. The Bertz CT molecular complexity index is 517. The van der Waals surface area contributed by atoms with Crippen molar-refractivity contribution in [2.45, 2.75) is 37.6 Å². The summed E-state index contributed by atoms with van der Waals surface area (Å²) in [5, 5.41) is 3.16. The predicted octanol–water partition coefficient (Wildman–Crippen LogP) is 2.52. The van der Waals surface area contributed by atoms with Crippen molar-refractivity contribution in [3.63, 3.8) is 0 Å². The topological polar surface area (TPSA) is 46.2 Å². The normalized spacial score (nSPS) is 13.5. The van der Waals surface area contributed by atoms with Crippen LogP contribution in [0, 0.1) is 11.6 Å². The van der Waals surface area contributed by atoms with Crippen LogP contribution >= 0.6 is 0 Å². The van der Waals surface area contributed by atoms with Gasteiger partial charge in [-0.25, -0.2) is 17.2 Å². The first-order chi connectivity index (χ1) is 8.86. The molecule has 0 bridgehead atoms. The molecule has 19 heavy (non-hydrogen) atoms. The Labute approximate surface area is 112 Å². The highest BCUT2D eigenvalue weighted by atomic mass is 32.2. The summed E-state index contributed by atoms with van der Waals surface area (Å²) in [4.78, 5) is -0.434. The van der Waals surface area contributed by atoms with E-state index in [1.807, 2.05) is 13.8 Å². The number of sulfone groups is 1. The van der Waals surface area contributed by atoms with Gasteiger partial charge < -0.3 is 5.32 Å². The first-order valence-corrected chi connectivity index (χ1v) is 7.93. The minimum Gasteiger partial charge on any atom is -0.314 e. The molecule has 1 aromatic rings. The van der Waals surface area contributed by atoms with Crippen LogP contribution in [-0.2, 0) is 9.84 Å². The Kier molecular flexibility index (Phi) is 5.87. The Balaban J connectivity index is 2.71. The molecule has 1 rings (SSSR count). The summed E-state index contributed by atoms with van der Waals surface area (Å²) >= 11 is 0. The zero-order valence-electron chi connectivity index (χ0n) is 11.1. The number of halogens is 2. The van der Waals surface area contributed by atoms with Crippen molar-refractivity contribution < 1.29 is 17.2 Å². The second-order valence-corrected chi connectivity index (χ2v) is 6.62. The minimum atomic E-state index is -3.71. The molecule has 1 atom stereocenters. The van der Waals surface area contributed by atoms with E-state index in [4.69, 9.17) is 0 Å². The van der Waals surface area contributed by atoms with Gasteiger partial charge >= 0.3 is 0 Å². The molecule has 0 amide bonds. The van der Waals surface area contributed by atoms with Crippen LogP contribution in [0.2, 0.25) is 0 Å². The van der Waals surface area contributed by atoms with Gasteiger partial charge in [-0.2, -0.15) is 0 Å². The summed E-state index contributed by atoms with van der Waals surface area (Å²) in [6.45, 7) is 4.71. The number of nitrogens with one attached hydrogen (secondary N) is 1. The molecule has 0 heterocycles. The lowest BCUT2D eigenvalue weighted by Gasteiger charge is -2.13. The van der Waals surface area contributed by atoms with E-state index in [0.29, 0.717) is 12.5 Å². The van der Waals surface area contributed by atoms with Gasteiger partial charge in [-0.1, -0.05) is 6.92 Å². The molecule has 3 nitrogen and oxygen atoms in total. The maximum Gasteiger partial charge on any atom is 0.181 e. The number of hydrogen-bond acceptors (Lipinski definition) is 3. The summed E-state index contributed by atoms with van der Waals surface area (Å²) in [7, 11) is -3.71. The van der Waals surface area contributed by atoms with E-state index >= 15 is 0 Å². The van der Waals surface area contributed by atoms with Gasteiger partial charge in [-0.15, -0.1) is 0 Å². The van der Waals surface area contributed by atoms with Crippen LogP contribution in [0.15, 0.2) is 23.1 Å². The Morgan fingerprint density at radius 3 is 2.58 bits per heavy atom. The summed E-state index contributed by atoms with van der Waals surface area (Å²) < 4.78 is 50.1. The van der Waals surface area contributed by atoms with E-state index in [1.165, 1.54) is 0 Å². The summed E-state index contributed by atoms with van der Waals surface area (Å²) in [5.41, 5.74) is 0. The largest absolute Gasteiger partial charge is 0.314 e. The average Bonchev–Trinajstić information content (AvgIpc) is 2.33. The average molecular weight is 291 g/mol. The minimum absolute atomic E-state index is 0.0400. The van der Waals surface area contributed by atoms with Crippen LogP contribution in [-0.4, -0.2) is 26.8 Å². The van der Waals surface area contributed by atoms with Gasteiger partial charge in [0.05, 0.1) is 5.75 Å². The Morgan fingerprint density at radius 2 is 2.00 bits per heavy atom. The molecule has 0 spiro atoms. The van der Waals surface area contributed by atoms with Gasteiger partial charge in [-0.05, 0) is 38.4 Å².